The first-order chi connectivity index (χ1) is 14.4. The molecular formula is C23H29Cl4N3O2. The number of hydrogen-bond donors (Lipinski definition) is 1. The molecule has 2 aromatic rings. The summed E-state index contributed by atoms with van der Waals surface area (Å²) in [7, 11) is 3.40. The summed E-state index contributed by atoms with van der Waals surface area (Å²) in [5, 5.41) is 4.30. The summed E-state index contributed by atoms with van der Waals surface area (Å²) >= 11 is 12.6. The Hall–Kier alpha value is -1.21. The van der Waals surface area contributed by atoms with Crippen molar-refractivity contribution < 1.29 is 9.53 Å². The van der Waals surface area contributed by atoms with E-state index in [0.29, 0.717) is 22.3 Å². The van der Waals surface area contributed by atoms with E-state index in [0.717, 1.165) is 44.6 Å². The molecule has 1 aliphatic carbocycles. The SMILES string of the molecule is COc1c(Cl)cc(CN(C)C(=O)C2(N3CCNCC3)Cc3ccccc3C2)cc1Cl.Cl.Cl. The fraction of sp³-hybridized carbons (Fsp3) is 0.435. The van der Waals surface area contributed by atoms with E-state index in [-0.39, 0.29) is 30.7 Å². The van der Waals surface area contributed by atoms with Crippen LogP contribution < -0.4 is 10.1 Å². The number of likely N-dealkylation sites (N-methyl/N-ethyl adjacent to an activating group) is 1. The summed E-state index contributed by atoms with van der Waals surface area (Å²) in [6, 6.07) is 12.0. The molecule has 0 atom stereocenters. The number of piperazine rings is 1. The number of benzene rings is 2. The Morgan fingerprint density at radius 3 is 2.12 bits per heavy atom. The fourth-order valence-electron chi connectivity index (χ4n) is 4.80. The number of methoxy groups -OCH3 is 1. The van der Waals surface area contributed by atoms with Crippen molar-refractivity contribution in [3.63, 3.8) is 0 Å². The molecule has 0 unspecified atom stereocenters. The molecule has 32 heavy (non-hydrogen) atoms. The third kappa shape index (κ3) is 5.14. The van der Waals surface area contributed by atoms with Crippen LogP contribution in [0.5, 0.6) is 5.75 Å². The monoisotopic (exact) mass is 519 g/mol. The molecule has 0 aromatic heterocycles. The van der Waals surface area contributed by atoms with Crippen LogP contribution >= 0.6 is 48.0 Å². The van der Waals surface area contributed by atoms with Gasteiger partial charge in [0.2, 0.25) is 5.91 Å². The highest BCUT2D eigenvalue weighted by atomic mass is 35.5. The topological polar surface area (TPSA) is 44.8 Å². The lowest BCUT2D eigenvalue weighted by Gasteiger charge is -2.44. The Balaban J connectivity index is 0.00000181. The molecule has 1 saturated heterocycles. The molecule has 9 heteroatoms. The van der Waals surface area contributed by atoms with Crippen molar-refractivity contribution in [2.75, 3.05) is 40.3 Å². The number of rotatable bonds is 5. The van der Waals surface area contributed by atoms with Gasteiger partial charge in [-0.1, -0.05) is 47.5 Å². The summed E-state index contributed by atoms with van der Waals surface area (Å²) in [5.41, 5.74) is 2.88. The highest BCUT2D eigenvalue weighted by Crippen LogP contribution is 2.38. The van der Waals surface area contributed by atoms with Gasteiger partial charge in [0.05, 0.1) is 17.2 Å². The molecule has 0 spiro atoms. The van der Waals surface area contributed by atoms with Crippen molar-refractivity contribution >= 4 is 53.9 Å². The first-order valence-corrected chi connectivity index (χ1v) is 11.0. The zero-order valence-corrected chi connectivity index (χ0v) is 21.3. The lowest BCUT2D eigenvalue weighted by Crippen LogP contribution is -2.63. The van der Waals surface area contributed by atoms with Gasteiger partial charge in [0.1, 0.15) is 5.54 Å². The van der Waals surface area contributed by atoms with Gasteiger partial charge >= 0.3 is 0 Å². The van der Waals surface area contributed by atoms with Crippen molar-refractivity contribution in [2.24, 2.45) is 0 Å². The number of hydrogen-bond acceptors (Lipinski definition) is 4. The summed E-state index contributed by atoms with van der Waals surface area (Å²) in [6.07, 6.45) is 1.49. The zero-order chi connectivity index (χ0) is 21.3. The van der Waals surface area contributed by atoms with Crippen molar-refractivity contribution in [2.45, 2.75) is 24.9 Å². The Morgan fingerprint density at radius 1 is 1.09 bits per heavy atom. The van der Waals surface area contributed by atoms with Gasteiger partial charge in [-0.3, -0.25) is 9.69 Å². The molecule has 0 radical (unpaired) electrons. The molecule has 2 aliphatic rings. The molecule has 1 amide bonds. The Kier molecular flexibility index (Phi) is 9.53. The average Bonchev–Trinajstić information content (AvgIpc) is 3.14. The Labute approximate surface area is 212 Å². The number of nitrogens with one attached hydrogen (secondary N) is 1. The predicted molar refractivity (Wildman–Crippen MR) is 135 cm³/mol. The van der Waals surface area contributed by atoms with Crippen LogP contribution in [-0.2, 0) is 24.2 Å². The molecular weight excluding hydrogens is 492 g/mol. The second kappa shape index (κ2) is 11.3. The first kappa shape index (κ1) is 27.0. The maximum absolute atomic E-state index is 13.9. The van der Waals surface area contributed by atoms with E-state index >= 15 is 0 Å². The second-order valence-electron chi connectivity index (χ2n) is 8.14. The molecule has 1 heterocycles. The van der Waals surface area contributed by atoms with Gasteiger partial charge in [0.25, 0.3) is 0 Å². The van der Waals surface area contributed by atoms with Crippen LogP contribution in [0.1, 0.15) is 16.7 Å². The maximum Gasteiger partial charge on any atom is 0.243 e. The quantitative estimate of drug-likeness (QED) is 0.640. The molecule has 0 saturated carbocycles. The summed E-state index contributed by atoms with van der Waals surface area (Å²) in [5.74, 6) is 0.600. The van der Waals surface area contributed by atoms with Gasteiger partial charge in [-0.15, -0.1) is 24.8 Å². The van der Waals surface area contributed by atoms with Crippen LogP contribution in [0.25, 0.3) is 0 Å². The lowest BCUT2D eigenvalue weighted by atomic mass is 9.90. The highest BCUT2D eigenvalue weighted by molar-refractivity contribution is 6.37. The van der Waals surface area contributed by atoms with Crippen molar-refractivity contribution in [3.8, 4) is 5.75 Å². The molecule has 0 bridgehead atoms. The van der Waals surface area contributed by atoms with E-state index in [2.05, 4.69) is 34.5 Å². The molecule has 2 aromatic carbocycles. The molecule has 1 N–H and O–H groups in total. The number of fused-ring (bicyclic) bond motifs is 1. The summed E-state index contributed by atoms with van der Waals surface area (Å²) in [4.78, 5) is 18.1. The third-order valence-electron chi connectivity index (χ3n) is 6.23. The van der Waals surface area contributed by atoms with Gasteiger partial charge in [-0.25, -0.2) is 0 Å². The fourth-order valence-corrected chi connectivity index (χ4v) is 5.48. The third-order valence-corrected chi connectivity index (χ3v) is 6.79. The lowest BCUT2D eigenvalue weighted by molar-refractivity contribution is -0.144. The largest absolute Gasteiger partial charge is 0.494 e. The average molecular weight is 521 g/mol. The Morgan fingerprint density at radius 2 is 1.62 bits per heavy atom. The van der Waals surface area contributed by atoms with Crippen molar-refractivity contribution in [1.29, 1.82) is 0 Å². The standard InChI is InChI=1S/C23H27Cl2N3O2.2ClH/c1-27(15-16-11-19(24)21(30-2)20(25)12-16)22(29)23(28-9-7-26-8-10-28)13-17-5-3-4-6-18(17)14-23;;/h3-6,11-12,26H,7-10,13-15H2,1-2H3;2*1H. The van der Waals surface area contributed by atoms with Crippen molar-refractivity contribution in [3.05, 3.63) is 63.1 Å². The van der Waals surface area contributed by atoms with Crippen LogP contribution in [-0.4, -0.2) is 61.6 Å². The van der Waals surface area contributed by atoms with Crippen LogP contribution in [0.3, 0.4) is 0 Å². The van der Waals surface area contributed by atoms with Crippen LogP contribution in [0, 0.1) is 0 Å². The second-order valence-corrected chi connectivity index (χ2v) is 8.96. The van der Waals surface area contributed by atoms with Gasteiger partial charge in [0.15, 0.2) is 5.75 Å². The van der Waals surface area contributed by atoms with Gasteiger partial charge < -0.3 is 15.0 Å². The number of halogens is 4. The summed E-state index contributed by atoms with van der Waals surface area (Å²) in [6.45, 7) is 3.98. The normalized spacial score (nSPS) is 17.0. The number of carbonyl (C=O) groups excluding carboxylic acids is 1. The van der Waals surface area contributed by atoms with E-state index in [1.54, 1.807) is 0 Å². The van der Waals surface area contributed by atoms with Gasteiger partial charge in [0, 0.05) is 52.6 Å². The first-order valence-electron chi connectivity index (χ1n) is 10.2. The van der Waals surface area contributed by atoms with E-state index in [1.165, 1.54) is 18.2 Å². The molecule has 4 rings (SSSR count). The minimum Gasteiger partial charge on any atom is -0.494 e. The maximum atomic E-state index is 13.9. The van der Waals surface area contributed by atoms with E-state index in [1.807, 2.05) is 24.1 Å². The minimum atomic E-state index is -0.541. The molecule has 1 aliphatic heterocycles. The number of carbonyl (C=O) groups is 1. The minimum absolute atomic E-state index is 0. The predicted octanol–water partition coefficient (Wildman–Crippen LogP) is 4.25. The summed E-state index contributed by atoms with van der Waals surface area (Å²) < 4.78 is 5.24. The Bertz CT molecular complexity index is 903. The van der Waals surface area contributed by atoms with E-state index in [9.17, 15) is 4.79 Å². The zero-order valence-electron chi connectivity index (χ0n) is 18.2. The number of amides is 1. The van der Waals surface area contributed by atoms with Crippen molar-refractivity contribution in [1.82, 2.24) is 15.1 Å². The smallest absolute Gasteiger partial charge is 0.243 e. The molecule has 1 fully saturated rings. The number of ether oxygens (including phenoxy) is 1. The van der Waals surface area contributed by atoms with E-state index in [4.69, 9.17) is 27.9 Å². The van der Waals surface area contributed by atoms with Crippen LogP contribution in [0.4, 0.5) is 0 Å². The molecule has 5 nitrogen and oxygen atoms in total. The van der Waals surface area contributed by atoms with Crippen LogP contribution in [0.15, 0.2) is 36.4 Å². The van der Waals surface area contributed by atoms with E-state index < -0.39 is 5.54 Å². The van der Waals surface area contributed by atoms with Gasteiger partial charge in [-0.2, -0.15) is 0 Å². The molecule has 176 valence electrons. The van der Waals surface area contributed by atoms with Gasteiger partial charge in [-0.05, 0) is 28.8 Å². The number of nitrogens with zero attached hydrogens (tertiary/aromatic N) is 2. The van der Waals surface area contributed by atoms with Crippen LogP contribution in [0.2, 0.25) is 10.0 Å². The highest BCUT2D eigenvalue weighted by Gasteiger charge is 2.49.